The van der Waals surface area contributed by atoms with Crippen molar-refractivity contribution < 1.29 is 13.5 Å². The highest BCUT2D eigenvalue weighted by Crippen LogP contribution is 2.42. The molecule has 2 aliphatic rings. The predicted molar refractivity (Wildman–Crippen MR) is 86.3 cm³/mol. The fourth-order valence-electron chi connectivity index (χ4n) is 4.12. The Morgan fingerprint density at radius 2 is 1.91 bits per heavy atom. The average molecular weight is 324 g/mol. The third-order valence-corrected chi connectivity index (χ3v) is 5.60. The lowest BCUT2D eigenvalue weighted by Crippen LogP contribution is -2.43. The first-order valence-corrected chi connectivity index (χ1v) is 8.50. The quantitative estimate of drug-likeness (QED) is 0.904. The first kappa shape index (κ1) is 16.8. The maximum Gasteiger partial charge on any atom is 0.263 e. The fourth-order valence-corrected chi connectivity index (χ4v) is 4.12. The van der Waals surface area contributed by atoms with Gasteiger partial charge in [-0.2, -0.15) is 0 Å². The molecule has 0 radical (unpaired) electrons. The van der Waals surface area contributed by atoms with E-state index in [0.717, 1.165) is 64.2 Å². The molecule has 1 aromatic rings. The number of benzene rings is 1. The second-order valence-electron chi connectivity index (χ2n) is 6.96. The standard InChI is InChI=1S/C18H26F2N2O/c19-17(20)15-3-1-14(2-4-15)11-22-8-7-18(12-21,13-22)16-5-9-23-10-6-16/h1-4,16-17H,5-13,21H2. The highest BCUT2D eigenvalue weighted by molar-refractivity contribution is 5.23. The second-order valence-corrected chi connectivity index (χ2v) is 6.96. The van der Waals surface area contributed by atoms with E-state index in [0.29, 0.717) is 5.92 Å². The Morgan fingerprint density at radius 1 is 1.22 bits per heavy atom. The summed E-state index contributed by atoms with van der Waals surface area (Å²) in [6.45, 7) is 5.27. The molecule has 0 aliphatic carbocycles. The van der Waals surface area contributed by atoms with Crippen LogP contribution >= 0.6 is 0 Å². The summed E-state index contributed by atoms with van der Waals surface area (Å²) in [5, 5.41) is 0. The molecule has 2 aliphatic heterocycles. The number of nitrogens with zero attached hydrogens (tertiary/aromatic N) is 1. The van der Waals surface area contributed by atoms with Crippen molar-refractivity contribution in [3.05, 3.63) is 35.4 Å². The maximum atomic E-state index is 12.6. The smallest absolute Gasteiger partial charge is 0.263 e. The SMILES string of the molecule is NCC1(C2CCOCC2)CCN(Cc2ccc(C(F)F)cc2)C1. The Kier molecular flexibility index (Phi) is 5.29. The number of alkyl halides is 2. The molecule has 2 fully saturated rings. The number of likely N-dealkylation sites (tertiary alicyclic amines) is 1. The minimum atomic E-state index is -2.39. The van der Waals surface area contributed by atoms with Crippen LogP contribution in [0.1, 0.15) is 36.8 Å². The van der Waals surface area contributed by atoms with Gasteiger partial charge in [0.2, 0.25) is 0 Å². The summed E-state index contributed by atoms with van der Waals surface area (Å²) in [5.74, 6) is 0.646. The lowest BCUT2D eigenvalue weighted by atomic mass is 9.71. The van der Waals surface area contributed by atoms with Crippen molar-refractivity contribution in [1.82, 2.24) is 4.90 Å². The molecule has 23 heavy (non-hydrogen) atoms. The van der Waals surface area contributed by atoms with E-state index in [1.165, 1.54) is 12.1 Å². The molecule has 128 valence electrons. The minimum absolute atomic E-state index is 0.0914. The zero-order valence-corrected chi connectivity index (χ0v) is 13.5. The van der Waals surface area contributed by atoms with Crippen molar-refractivity contribution in [2.75, 3.05) is 32.8 Å². The third-order valence-electron chi connectivity index (χ3n) is 5.60. The molecule has 0 amide bonds. The first-order chi connectivity index (χ1) is 11.1. The van der Waals surface area contributed by atoms with Crippen LogP contribution in [0, 0.1) is 11.3 Å². The number of hydrogen-bond donors (Lipinski definition) is 1. The van der Waals surface area contributed by atoms with E-state index in [1.54, 1.807) is 0 Å². The van der Waals surface area contributed by atoms with Gasteiger partial charge < -0.3 is 10.5 Å². The molecule has 0 spiro atoms. The van der Waals surface area contributed by atoms with Crippen LogP contribution in [0.4, 0.5) is 8.78 Å². The van der Waals surface area contributed by atoms with E-state index < -0.39 is 6.43 Å². The minimum Gasteiger partial charge on any atom is -0.381 e. The Labute approximate surface area is 136 Å². The molecular weight excluding hydrogens is 298 g/mol. The molecule has 1 aromatic carbocycles. The van der Waals surface area contributed by atoms with Gasteiger partial charge in [0.15, 0.2) is 0 Å². The van der Waals surface area contributed by atoms with Gasteiger partial charge in [-0.05, 0) is 49.2 Å². The molecule has 2 saturated heterocycles. The lowest BCUT2D eigenvalue weighted by Gasteiger charge is -2.39. The van der Waals surface area contributed by atoms with Gasteiger partial charge in [-0.15, -0.1) is 0 Å². The van der Waals surface area contributed by atoms with Crippen LogP contribution < -0.4 is 5.73 Å². The van der Waals surface area contributed by atoms with Crippen LogP contribution in [0.15, 0.2) is 24.3 Å². The summed E-state index contributed by atoms with van der Waals surface area (Å²) in [6, 6.07) is 6.70. The fraction of sp³-hybridized carbons (Fsp3) is 0.667. The lowest BCUT2D eigenvalue weighted by molar-refractivity contribution is 0.0155. The summed E-state index contributed by atoms with van der Waals surface area (Å²) >= 11 is 0. The van der Waals surface area contributed by atoms with Gasteiger partial charge in [0.1, 0.15) is 0 Å². The van der Waals surface area contributed by atoms with E-state index in [4.69, 9.17) is 10.5 Å². The summed E-state index contributed by atoms with van der Waals surface area (Å²) in [5.41, 5.74) is 7.54. The van der Waals surface area contributed by atoms with Crippen LogP contribution in [0.25, 0.3) is 0 Å². The van der Waals surface area contributed by atoms with Gasteiger partial charge in [-0.25, -0.2) is 8.78 Å². The zero-order valence-electron chi connectivity index (χ0n) is 13.5. The predicted octanol–water partition coefficient (Wildman–Crippen LogP) is 3.20. The average Bonchev–Trinajstić information content (AvgIpc) is 3.00. The number of ether oxygens (including phenoxy) is 1. The topological polar surface area (TPSA) is 38.5 Å². The van der Waals surface area contributed by atoms with Gasteiger partial charge >= 0.3 is 0 Å². The van der Waals surface area contributed by atoms with Crippen molar-refractivity contribution in [3.63, 3.8) is 0 Å². The molecule has 0 saturated carbocycles. The summed E-state index contributed by atoms with van der Waals surface area (Å²) < 4.78 is 30.7. The number of nitrogens with two attached hydrogens (primary N) is 1. The van der Waals surface area contributed by atoms with Crippen LogP contribution in [0.3, 0.4) is 0 Å². The first-order valence-electron chi connectivity index (χ1n) is 8.50. The zero-order chi connectivity index (χ0) is 16.3. The Bertz CT molecular complexity index is 502. The van der Waals surface area contributed by atoms with Gasteiger partial charge in [-0.3, -0.25) is 4.90 Å². The van der Waals surface area contributed by atoms with Crippen LogP contribution in [0.2, 0.25) is 0 Å². The third kappa shape index (κ3) is 3.73. The van der Waals surface area contributed by atoms with Gasteiger partial charge in [0.25, 0.3) is 6.43 Å². The molecule has 1 unspecified atom stereocenters. The van der Waals surface area contributed by atoms with Crippen molar-refractivity contribution in [3.8, 4) is 0 Å². The largest absolute Gasteiger partial charge is 0.381 e. The summed E-state index contributed by atoms with van der Waals surface area (Å²) in [4.78, 5) is 2.42. The van der Waals surface area contributed by atoms with Crippen molar-refractivity contribution in [2.45, 2.75) is 32.2 Å². The van der Waals surface area contributed by atoms with Gasteiger partial charge in [0.05, 0.1) is 0 Å². The van der Waals surface area contributed by atoms with E-state index in [1.807, 2.05) is 12.1 Å². The van der Waals surface area contributed by atoms with Crippen molar-refractivity contribution >= 4 is 0 Å². The highest BCUT2D eigenvalue weighted by atomic mass is 19.3. The number of hydrogen-bond acceptors (Lipinski definition) is 3. The molecule has 0 aromatic heterocycles. The molecule has 5 heteroatoms. The molecule has 2 heterocycles. The van der Waals surface area contributed by atoms with Gasteiger partial charge in [-0.1, -0.05) is 24.3 Å². The second kappa shape index (κ2) is 7.24. The van der Waals surface area contributed by atoms with E-state index in [-0.39, 0.29) is 11.0 Å². The maximum absolute atomic E-state index is 12.6. The Hall–Kier alpha value is -1.04. The normalized spacial score (nSPS) is 27.0. The van der Waals surface area contributed by atoms with E-state index in [9.17, 15) is 8.78 Å². The summed E-state index contributed by atoms with van der Waals surface area (Å²) in [7, 11) is 0. The highest BCUT2D eigenvalue weighted by Gasteiger charge is 2.43. The number of rotatable bonds is 5. The van der Waals surface area contributed by atoms with Crippen LogP contribution in [-0.4, -0.2) is 37.7 Å². The molecule has 2 N–H and O–H groups in total. The van der Waals surface area contributed by atoms with Crippen molar-refractivity contribution in [1.29, 1.82) is 0 Å². The Morgan fingerprint density at radius 3 is 2.52 bits per heavy atom. The van der Waals surface area contributed by atoms with Gasteiger partial charge in [0, 0.05) is 31.9 Å². The van der Waals surface area contributed by atoms with E-state index >= 15 is 0 Å². The molecule has 0 bridgehead atoms. The molecule has 3 rings (SSSR count). The Balaban J connectivity index is 1.61. The number of halogens is 2. The molecule has 1 atom stereocenters. The summed E-state index contributed by atoms with van der Waals surface area (Å²) in [6.07, 6.45) is 0.945. The molecular formula is C18H26F2N2O. The van der Waals surface area contributed by atoms with Crippen molar-refractivity contribution in [2.24, 2.45) is 17.1 Å². The van der Waals surface area contributed by atoms with E-state index in [2.05, 4.69) is 4.90 Å². The molecule has 3 nitrogen and oxygen atoms in total. The van der Waals surface area contributed by atoms with Crippen LogP contribution in [0.5, 0.6) is 0 Å². The monoisotopic (exact) mass is 324 g/mol. The van der Waals surface area contributed by atoms with Crippen LogP contribution in [-0.2, 0) is 11.3 Å².